The van der Waals surface area contributed by atoms with Crippen LogP contribution < -0.4 is 10.1 Å². The summed E-state index contributed by atoms with van der Waals surface area (Å²) in [5.41, 5.74) is 1.94. The minimum Gasteiger partial charge on any atom is -0.497 e. The van der Waals surface area contributed by atoms with Crippen molar-refractivity contribution in [2.75, 3.05) is 13.7 Å². The van der Waals surface area contributed by atoms with Gasteiger partial charge < -0.3 is 14.8 Å². The number of alkyl carbamates (subject to hydrolysis) is 1. The summed E-state index contributed by atoms with van der Waals surface area (Å²) in [6, 6.07) is 17.2. The van der Waals surface area contributed by atoms with E-state index in [1.165, 1.54) is 0 Å². The molecule has 4 heteroatoms. The van der Waals surface area contributed by atoms with Crippen LogP contribution in [0.15, 0.2) is 54.6 Å². The molecule has 1 unspecified atom stereocenters. The molecular formula is C19H23NO3. The Hall–Kier alpha value is -2.49. The van der Waals surface area contributed by atoms with Gasteiger partial charge in [-0.15, -0.1) is 0 Å². The Kier molecular flexibility index (Phi) is 6.48. The average molecular weight is 313 g/mol. The third-order valence-corrected chi connectivity index (χ3v) is 3.55. The first kappa shape index (κ1) is 16.9. The summed E-state index contributed by atoms with van der Waals surface area (Å²) in [6.07, 6.45) is 1.45. The van der Waals surface area contributed by atoms with Crippen LogP contribution in [0.2, 0.25) is 0 Å². The number of methoxy groups -OCH3 is 1. The molecular weight excluding hydrogens is 290 g/mol. The summed E-state index contributed by atoms with van der Waals surface area (Å²) in [4.78, 5) is 12.1. The maximum atomic E-state index is 12.1. The van der Waals surface area contributed by atoms with Crippen molar-refractivity contribution in [1.29, 1.82) is 0 Å². The van der Waals surface area contributed by atoms with Crippen molar-refractivity contribution in [2.24, 2.45) is 0 Å². The Balaban J connectivity index is 2.20. The van der Waals surface area contributed by atoms with Crippen molar-refractivity contribution in [3.05, 3.63) is 65.7 Å². The number of carbonyl (C=O) groups excluding carboxylic acids is 1. The highest BCUT2D eigenvalue weighted by Crippen LogP contribution is 2.25. The molecule has 1 atom stereocenters. The topological polar surface area (TPSA) is 47.6 Å². The number of carbonyl (C=O) groups is 1. The third kappa shape index (κ3) is 5.02. The van der Waals surface area contributed by atoms with Gasteiger partial charge in [-0.3, -0.25) is 0 Å². The number of nitrogens with one attached hydrogen (secondary N) is 1. The lowest BCUT2D eigenvalue weighted by Gasteiger charge is -2.20. The highest BCUT2D eigenvalue weighted by atomic mass is 16.5. The lowest BCUT2D eigenvalue weighted by molar-refractivity contribution is 0.142. The maximum Gasteiger partial charge on any atom is 0.407 e. The Labute approximate surface area is 137 Å². The molecule has 0 heterocycles. The standard InChI is InChI=1S/C19H23NO3/c1-3-4-13-23-19(21)20-18(15-9-6-5-7-10-15)16-11-8-12-17(14-16)22-2/h5-12,14,18H,3-4,13H2,1-2H3,(H,20,21). The van der Waals surface area contributed by atoms with Crippen molar-refractivity contribution in [3.8, 4) is 5.75 Å². The molecule has 2 aromatic rings. The molecule has 4 nitrogen and oxygen atoms in total. The molecule has 0 radical (unpaired) electrons. The van der Waals surface area contributed by atoms with Crippen LogP contribution >= 0.6 is 0 Å². The molecule has 2 rings (SSSR count). The Morgan fingerprint density at radius 2 is 1.83 bits per heavy atom. The van der Waals surface area contributed by atoms with Crippen molar-refractivity contribution < 1.29 is 14.3 Å². The molecule has 1 amide bonds. The fourth-order valence-corrected chi connectivity index (χ4v) is 2.29. The Morgan fingerprint density at radius 1 is 1.09 bits per heavy atom. The van der Waals surface area contributed by atoms with E-state index in [4.69, 9.17) is 9.47 Å². The van der Waals surface area contributed by atoms with Gasteiger partial charge in [-0.1, -0.05) is 55.8 Å². The highest BCUT2D eigenvalue weighted by molar-refractivity contribution is 5.68. The fraction of sp³-hybridized carbons (Fsp3) is 0.316. The van der Waals surface area contributed by atoms with Gasteiger partial charge in [0, 0.05) is 0 Å². The van der Waals surface area contributed by atoms with Gasteiger partial charge >= 0.3 is 6.09 Å². The van der Waals surface area contributed by atoms with E-state index in [-0.39, 0.29) is 6.04 Å². The zero-order valence-corrected chi connectivity index (χ0v) is 13.6. The monoisotopic (exact) mass is 313 g/mol. The lowest BCUT2D eigenvalue weighted by atomic mass is 9.99. The van der Waals surface area contributed by atoms with E-state index >= 15 is 0 Å². The van der Waals surface area contributed by atoms with Gasteiger partial charge in [0.25, 0.3) is 0 Å². The maximum absolute atomic E-state index is 12.1. The molecule has 2 aromatic carbocycles. The smallest absolute Gasteiger partial charge is 0.407 e. The van der Waals surface area contributed by atoms with Crippen molar-refractivity contribution in [2.45, 2.75) is 25.8 Å². The minimum atomic E-state index is -0.407. The number of benzene rings is 2. The normalized spacial score (nSPS) is 11.6. The molecule has 0 spiro atoms. The van der Waals surface area contributed by atoms with Gasteiger partial charge in [-0.25, -0.2) is 4.79 Å². The summed E-state index contributed by atoms with van der Waals surface area (Å²) in [7, 11) is 1.63. The zero-order chi connectivity index (χ0) is 16.5. The molecule has 0 aliphatic heterocycles. The molecule has 0 fully saturated rings. The number of hydrogen-bond acceptors (Lipinski definition) is 3. The van der Waals surface area contributed by atoms with E-state index in [0.717, 1.165) is 29.7 Å². The van der Waals surface area contributed by atoms with Gasteiger partial charge in [-0.2, -0.15) is 0 Å². The van der Waals surface area contributed by atoms with Gasteiger partial charge in [0.1, 0.15) is 5.75 Å². The third-order valence-electron chi connectivity index (χ3n) is 3.55. The molecule has 23 heavy (non-hydrogen) atoms. The van der Waals surface area contributed by atoms with Crippen LogP contribution in [-0.2, 0) is 4.74 Å². The number of unbranched alkanes of at least 4 members (excludes halogenated alkanes) is 1. The summed E-state index contributed by atoms with van der Waals surface area (Å²) in [5, 5.41) is 2.94. The quantitative estimate of drug-likeness (QED) is 0.775. The first-order valence-corrected chi connectivity index (χ1v) is 7.86. The van der Waals surface area contributed by atoms with Crippen LogP contribution in [0.25, 0.3) is 0 Å². The van der Waals surface area contributed by atoms with Gasteiger partial charge in [0.05, 0.1) is 19.8 Å². The fourth-order valence-electron chi connectivity index (χ4n) is 2.29. The van der Waals surface area contributed by atoms with E-state index in [1.807, 2.05) is 54.6 Å². The first-order chi connectivity index (χ1) is 11.2. The van der Waals surface area contributed by atoms with Crippen molar-refractivity contribution in [1.82, 2.24) is 5.32 Å². The number of amides is 1. The van der Waals surface area contributed by atoms with Crippen molar-refractivity contribution >= 4 is 6.09 Å². The SMILES string of the molecule is CCCCOC(=O)NC(c1ccccc1)c1cccc(OC)c1. The second-order valence-corrected chi connectivity index (χ2v) is 5.25. The van der Waals surface area contributed by atoms with Crippen LogP contribution in [0.3, 0.4) is 0 Å². The van der Waals surface area contributed by atoms with E-state index in [9.17, 15) is 4.79 Å². The first-order valence-electron chi connectivity index (χ1n) is 7.86. The van der Waals surface area contributed by atoms with Gasteiger partial charge in [0.2, 0.25) is 0 Å². The predicted molar refractivity (Wildman–Crippen MR) is 90.7 cm³/mol. The van der Waals surface area contributed by atoms with E-state index in [0.29, 0.717) is 6.61 Å². The molecule has 0 saturated carbocycles. The minimum absolute atomic E-state index is 0.277. The molecule has 0 saturated heterocycles. The number of hydrogen-bond donors (Lipinski definition) is 1. The molecule has 0 aliphatic carbocycles. The van der Waals surface area contributed by atoms with Gasteiger partial charge in [0.15, 0.2) is 0 Å². The van der Waals surface area contributed by atoms with E-state index < -0.39 is 6.09 Å². The molecule has 0 aromatic heterocycles. The van der Waals surface area contributed by atoms with Gasteiger partial charge in [-0.05, 0) is 29.7 Å². The van der Waals surface area contributed by atoms with Crippen LogP contribution in [0.4, 0.5) is 4.79 Å². The molecule has 1 N–H and O–H groups in total. The van der Waals surface area contributed by atoms with E-state index in [1.54, 1.807) is 7.11 Å². The molecule has 0 bridgehead atoms. The largest absolute Gasteiger partial charge is 0.497 e. The van der Waals surface area contributed by atoms with Crippen LogP contribution in [0, 0.1) is 0 Å². The summed E-state index contributed by atoms with van der Waals surface area (Å²) in [5.74, 6) is 0.754. The summed E-state index contributed by atoms with van der Waals surface area (Å²) in [6.45, 7) is 2.49. The molecule has 0 aliphatic rings. The van der Waals surface area contributed by atoms with Crippen molar-refractivity contribution in [3.63, 3.8) is 0 Å². The molecule has 122 valence electrons. The Bertz CT molecular complexity index is 613. The van der Waals surface area contributed by atoms with Crippen LogP contribution in [0.5, 0.6) is 5.75 Å². The Morgan fingerprint density at radius 3 is 2.52 bits per heavy atom. The van der Waals surface area contributed by atoms with Crippen LogP contribution in [-0.4, -0.2) is 19.8 Å². The number of rotatable bonds is 7. The lowest BCUT2D eigenvalue weighted by Crippen LogP contribution is -2.30. The number of ether oxygens (including phenoxy) is 2. The second kappa shape index (κ2) is 8.83. The predicted octanol–water partition coefficient (Wildman–Crippen LogP) is 4.31. The summed E-state index contributed by atoms with van der Waals surface area (Å²) < 4.78 is 10.5. The van der Waals surface area contributed by atoms with Crippen LogP contribution in [0.1, 0.15) is 36.9 Å². The average Bonchev–Trinajstić information content (AvgIpc) is 2.60. The van der Waals surface area contributed by atoms with E-state index in [2.05, 4.69) is 12.2 Å². The summed E-state index contributed by atoms with van der Waals surface area (Å²) >= 11 is 0. The highest BCUT2D eigenvalue weighted by Gasteiger charge is 2.18. The second-order valence-electron chi connectivity index (χ2n) is 5.25. The zero-order valence-electron chi connectivity index (χ0n) is 13.6.